The molecule has 0 bridgehead atoms. The van der Waals surface area contributed by atoms with E-state index in [9.17, 15) is 17.6 Å². The van der Waals surface area contributed by atoms with E-state index in [1.165, 1.54) is 18.2 Å². The van der Waals surface area contributed by atoms with Gasteiger partial charge in [0.1, 0.15) is 11.6 Å². The zero-order valence-corrected chi connectivity index (χ0v) is 13.2. The van der Waals surface area contributed by atoms with Gasteiger partial charge in [0.05, 0.1) is 4.90 Å². The number of halogens is 1. The molecule has 4 nitrogen and oxygen atoms in total. The fraction of sp³-hybridized carbons (Fsp3) is 0.562. The summed E-state index contributed by atoms with van der Waals surface area (Å²) in [5.74, 6) is -1.51. The van der Waals surface area contributed by atoms with E-state index in [0.717, 1.165) is 44.6 Å². The molecule has 1 aromatic rings. The van der Waals surface area contributed by atoms with Gasteiger partial charge in [-0.1, -0.05) is 18.9 Å². The van der Waals surface area contributed by atoms with Crippen molar-refractivity contribution < 1.29 is 17.6 Å². The van der Waals surface area contributed by atoms with Gasteiger partial charge in [-0.3, -0.25) is 4.79 Å². The van der Waals surface area contributed by atoms with Gasteiger partial charge in [0, 0.05) is 12.1 Å². The highest BCUT2D eigenvalue weighted by molar-refractivity contribution is 7.92. The summed E-state index contributed by atoms with van der Waals surface area (Å²) in [6, 6.07) is 5.24. The lowest BCUT2D eigenvalue weighted by molar-refractivity contribution is -0.131. The van der Waals surface area contributed by atoms with Crippen LogP contribution in [0.5, 0.6) is 0 Å². The molecule has 0 aliphatic heterocycles. The molecule has 0 heterocycles. The van der Waals surface area contributed by atoms with Crippen molar-refractivity contribution in [2.45, 2.75) is 55.5 Å². The summed E-state index contributed by atoms with van der Waals surface area (Å²) in [5, 5.41) is 0. The molecular formula is C16H20FNO3S. The lowest BCUT2D eigenvalue weighted by Crippen LogP contribution is -2.43. The Morgan fingerprint density at radius 3 is 2.36 bits per heavy atom. The molecule has 120 valence electrons. The van der Waals surface area contributed by atoms with Crippen molar-refractivity contribution in [3.8, 4) is 0 Å². The topological polar surface area (TPSA) is 54.5 Å². The van der Waals surface area contributed by atoms with Crippen molar-refractivity contribution in [1.82, 2.24) is 4.90 Å². The molecule has 6 heteroatoms. The van der Waals surface area contributed by atoms with Gasteiger partial charge in [-0.05, 0) is 43.9 Å². The first-order chi connectivity index (χ1) is 10.5. The molecule has 0 unspecified atom stereocenters. The van der Waals surface area contributed by atoms with E-state index in [2.05, 4.69) is 0 Å². The van der Waals surface area contributed by atoms with Crippen molar-refractivity contribution >= 4 is 15.7 Å². The van der Waals surface area contributed by atoms with Gasteiger partial charge in [-0.25, -0.2) is 12.8 Å². The SMILES string of the molecule is O=C(CS(=O)(=O)c1cccc(F)c1)N(C1CCCC1)C1CC1. The van der Waals surface area contributed by atoms with Crippen LogP contribution >= 0.6 is 0 Å². The molecular weight excluding hydrogens is 305 g/mol. The van der Waals surface area contributed by atoms with Crippen LogP contribution in [0, 0.1) is 5.82 Å². The van der Waals surface area contributed by atoms with Crippen molar-refractivity contribution in [1.29, 1.82) is 0 Å². The second-order valence-electron chi connectivity index (χ2n) is 6.19. The van der Waals surface area contributed by atoms with Crippen LogP contribution in [0.2, 0.25) is 0 Å². The lowest BCUT2D eigenvalue weighted by Gasteiger charge is -2.29. The zero-order valence-electron chi connectivity index (χ0n) is 12.4. The smallest absolute Gasteiger partial charge is 0.238 e. The van der Waals surface area contributed by atoms with Crippen LogP contribution in [-0.4, -0.2) is 37.1 Å². The summed E-state index contributed by atoms with van der Waals surface area (Å²) in [6.45, 7) is 0. The highest BCUT2D eigenvalue weighted by Gasteiger charge is 2.39. The molecule has 2 fully saturated rings. The van der Waals surface area contributed by atoms with Crippen molar-refractivity contribution in [2.24, 2.45) is 0 Å². The normalized spacial score (nSPS) is 19.3. The molecule has 2 aliphatic rings. The molecule has 0 aromatic heterocycles. The highest BCUT2D eigenvalue weighted by Crippen LogP contribution is 2.34. The number of hydrogen-bond acceptors (Lipinski definition) is 3. The van der Waals surface area contributed by atoms with Gasteiger partial charge in [0.25, 0.3) is 0 Å². The monoisotopic (exact) mass is 325 g/mol. The minimum atomic E-state index is -3.79. The molecule has 22 heavy (non-hydrogen) atoms. The maximum Gasteiger partial charge on any atom is 0.238 e. The minimum absolute atomic E-state index is 0.122. The standard InChI is InChI=1S/C16H20FNO3S/c17-12-4-3-7-15(10-12)22(20,21)11-16(19)18(14-8-9-14)13-5-1-2-6-13/h3-4,7,10,13-14H,1-2,5-6,8-9,11H2. The van der Waals surface area contributed by atoms with Crippen LogP contribution in [0.1, 0.15) is 38.5 Å². The predicted octanol–water partition coefficient (Wildman–Crippen LogP) is 2.53. The number of hydrogen-bond donors (Lipinski definition) is 0. The van der Waals surface area contributed by atoms with Crippen molar-refractivity contribution in [3.05, 3.63) is 30.1 Å². The molecule has 2 saturated carbocycles. The Balaban J connectivity index is 1.76. The van der Waals surface area contributed by atoms with Crippen LogP contribution in [-0.2, 0) is 14.6 Å². The predicted molar refractivity (Wildman–Crippen MR) is 80.6 cm³/mol. The van der Waals surface area contributed by atoms with Gasteiger partial charge >= 0.3 is 0 Å². The Kier molecular flexibility index (Phi) is 4.21. The van der Waals surface area contributed by atoms with Gasteiger partial charge in [-0.2, -0.15) is 0 Å². The van der Waals surface area contributed by atoms with Crippen LogP contribution in [0.3, 0.4) is 0 Å². The molecule has 1 amide bonds. The third kappa shape index (κ3) is 3.32. The largest absolute Gasteiger partial charge is 0.336 e. The van der Waals surface area contributed by atoms with Crippen molar-refractivity contribution in [2.75, 3.05) is 5.75 Å². The van der Waals surface area contributed by atoms with Gasteiger partial charge in [0.2, 0.25) is 5.91 Å². The Labute approximate surface area is 130 Å². The maximum absolute atomic E-state index is 13.2. The van der Waals surface area contributed by atoms with E-state index >= 15 is 0 Å². The summed E-state index contributed by atoms with van der Waals surface area (Å²) in [4.78, 5) is 14.2. The number of carbonyl (C=O) groups excluding carboxylic acids is 1. The summed E-state index contributed by atoms with van der Waals surface area (Å²) in [7, 11) is -3.79. The van der Waals surface area contributed by atoms with E-state index in [1.807, 2.05) is 0 Å². The second kappa shape index (κ2) is 5.99. The van der Waals surface area contributed by atoms with Crippen LogP contribution in [0.4, 0.5) is 4.39 Å². The van der Waals surface area contributed by atoms with Crippen LogP contribution in [0.15, 0.2) is 29.2 Å². The average Bonchev–Trinajstić information content (AvgIpc) is 3.13. The molecule has 0 radical (unpaired) electrons. The lowest BCUT2D eigenvalue weighted by atomic mass is 10.2. The summed E-state index contributed by atoms with van der Waals surface area (Å²) in [5.41, 5.74) is 0. The first-order valence-electron chi connectivity index (χ1n) is 7.77. The first-order valence-corrected chi connectivity index (χ1v) is 9.42. The number of amides is 1. The average molecular weight is 325 g/mol. The molecule has 3 rings (SSSR count). The van der Waals surface area contributed by atoms with Gasteiger partial charge in [0.15, 0.2) is 9.84 Å². The van der Waals surface area contributed by atoms with E-state index in [4.69, 9.17) is 0 Å². The maximum atomic E-state index is 13.2. The Morgan fingerprint density at radius 2 is 1.77 bits per heavy atom. The van der Waals surface area contributed by atoms with E-state index in [-0.39, 0.29) is 22.9 Å². The summed E-state index contributed by atoms with van der Waals surface area (Å²) >= 11 is 0. The summed E-state index contributed by atoms with van der Waals surface area (Å²) in [6.07, 6.45) is 6.03. The zero-order chi connectivity index (χ0) is 15.7. The molecule has 0 spiro atoms. The Bertz CT molecular complexity index is 664. The highest BCUT2D eigenvalue weighted by atomic mass is 32.2. The Hall–Kier alpha value is -1.43. The second-order valence-corrected chi connectivity index (χ2v) is 8.18. The van der Waals surface area contributed by atoms with Crippen LogP contribution in [0.25, 0.3) is 0 Å². The fourth-order valence-corrected chi connectivity index (χ4v) is 4.44. The van der Waals surface area contributed by atoms with Gasteiger partial charge in [-0.15, -0.1) is 0 Å². The number of rotatable bonds is 5. The number of benzene rings is 1. The quantitative estimate of drug-likeness (QED) is 0.836. The number of carbonyl (C=O) groups is 1. The van der Waals surface area contributed by atoms with Crippen LogP contribution < -0.4 is 0 Å². The minimum Gasteiger partial charge on any atom is -0.336 e. The summed E-state index contributed by atoms with van der Waals surface area (Å²) < 4.78 is 37.9. The van der Waals surface area contributed by atoms with E-state index in [0.29, 0.717) is 0 Å². The molecule has 2 aliphatic carbocycles. The van der Waals surface area contributed by atoms with E-state index in [1.54, 1.807) is 4.90 Å². The molecule has 1 aromatic carbocycles. The molecule has 0 atom stereocenters. The number of sulfone groups is 1. The fourth-order valence-electron chi connectivity index (χ4n) is 3.22. The molecule has 0 N–H and O–H groups in total. The first kappa shape index (κ1) is 15.5. The Morgan fingerprint density at radius 1 is 1.14 bits per heavy atom. The van der Waals surface area contributed by atoms with Crippen molar-refractivity contribution in [3.63, 3.8) is 0 Å². The molecule has 0 saturated heterocycles. The third-order valence-corrected chi connectivity index (χ3v) is 6.01. The number of nitrogens with zero attached hydrogens (tertiary/aromatic N) is 1. The van der Waals surface area contributed by atoms with E-state index < -0.39 is 21.4 Å². The third-order valence-electron chi connectivity index (χ3n) is 4.42. The van der Waals surface area contributed by atoms with Gasteiger partial charge < -0.3 is 4.90 Å².